The molecule has 0 saturated heterocycles. The van der Waals surface area contributed by atoms with Crippen LogP contribution in [0, 0.1) is 5.82 Å². The first kappa shape index (κ1) is 27.5. The molecule has 0 aliphatic heterocycles. The van der Waals surface area contributed by atoms with Gasteiger partial charge in [0.25, 0.3) is 11.5 Å². The lowest BCUT2D eigenvalue weighted by Crippen LogP contribution is -2.31. The molecule has 13 heteroatoms. The molecule has 3 N–H and O–H groups in total. The Morgan fingerprint density at radius 1 is 1.05 bits per heavy atom. The van der Waals surface area contributed by atoms with Crippen LogP contribution in [0.4, 0.5) is 29.1 Å². The van der Waals surface area contributed by atoms with Gasteiger partial charge in [0, 0.05) is 17.4 Å². The average molecular weight is 566 g/mol. The average Bonchev–Trinajstić information content (AvgIpc) is 3.27. The summed E-state index contributed by atoms with van der Waals surface area (Å²) in [4.78, 5) is 34.3. The highest BCUT2D eigenvalue weighted by molar-refractivity contribution is 6.04. The molecular weight excluding hydrogens is 542 g/mol. The van der Waals surface area contributed by atoms with Crippen molar-refractivity contribution in [3.05, 3.63) is 94.5 Å². The zero-order chi connectivity index (χ0) is 29.5. The topological polar surface area (TPSA) is 121 Å². The standard InChI is InChI=1S/C28H23F4N7O2/c1-15(2)22-11-20(27(41)39(37-22)19-9-5-17(29)6-10-19)26(40)36-18-7-3-16(4-8-18)21-12-38(13-28(30,31)32)25-23(21)24(33)34-14-35-25/h3-12,14-15H,13H2,1-2H3,(H,36,40)(H2,33,34,35). The minimum atomic E-state index is -4.48. The maximum atomic E-state index is 13.4. The van der Waals surface area contributed by atoms with Crippen LogP contribution in [0.25, 0.3) is 27.8 Å². The van der Waals surface area contributed by atoms with Crippen LogP contribution in [0.3, 0.4) is 0 Å². The number of rotatable bonds is 6. The van der Waals surface area contributed by atoms with E-state index >= 15 is 0 Å². The lowest BCUT2D eigenvalue weighted by atomic mass is 10.1. The number of fused-ring (bicyclic) bond motifs is 1. The Kier molecular flexibility index (Phi) is 7.03. The Morgan fingerprint density at radius 2 is 1.73 bits per heavy atom. The largest absolute Gasteiger partial charge is 0.406 e. The van der Waals surface area contributed by atoms with E-state index in [0.29, 0.717) is 28.2 Å². The number of benzene rings is 2. The van der Waals surface area contributed by atoms with E-state index < -0.39 is 30.0 Å². The quantitative estimate of drug-likeness (QED) is 0.270. The smallest absolute Gasteiger partial charge is 0.383 e. The number of carbonyl (C=O) groups is 1. The molecule has 0 unspecified atom stereocenters. The SMILES string of the molecule is CC(C)c1cc(C(=O)Nc2ccc(-c3cn(CC(F)(F)F)c4ncnc(N)c34)cc2)c(=O)n(-c2ccc(F)cc2)n1. The predicted molar refractivity (Wildman–Crippen MR) is 145 cm³/mol. The van der Waals surface area contributed by atoms with Gasteiger partial charge in [0.1, 0.15) is 35.7 Å². The number of aromatic nitrogens is 5. The van der Waals surface area contributed by atoms with E-state index in [2.05, 4.69) is 20.4 Å². The van der Waals surface area contributed by atoms with Crippen LogP contribution in [0.1, 0.15) is 35.8 Å². The number of amides is 1. The van der Waals surface area contributed by atoms with Crippen LogP contribution in [-0.2, 0) is 6.54 Å². The van der Waals surface area contributed by atoms with Crippen molar-refractivity contribution >= 4 is 28.4 Å². The van der Waals surface area contributed by atoms with Crippen LogP contribution in [0.2, 0.25) is 0 Å². The zero-order valence-electron chi connectivity index (χ0n) is 21.8. The summed E-state index contributed by atoms with van der Waals surface area (Å²) in [6.45, 7) is 2.45. The molecule has 0 aliphatic rings. The molecule has 0 atom stereocenters. The molecule has 0 spiro atoms. The van der Waals surface area contributed by atoms with Crippen molar-refractivity contribution in [2.45, 2.75) is 32.5 Å². The van der Waals surface area contributed by atoms with Crippen molar-refractivity contribution in [1.82, 2.24) is 24.3 Å². The molecule has 0 fully saturated rings. The minimum Gasteiger partial charge on any atom is -0.383 e. The number of nitrogens with zero attached hydrogens (tertiary/aromatic N) is 5. The normalized spacial score (nSPS) is 11.8. The van der Waals surface area contributed by atoms with Crippen molar-refractivity contribution in [2.75, 3.05) is 11.1 Å². The van der Waals surface area contributed by atoms with Crippen LogP contribution in [0.15, 0.2) is 71.9 Å². The first-order chi connectivity index (χ1) is 19.4. The molecule has 0 bridgehead atoms. The zero-order valence-corrected chi connectivity index (χ0v) is 21.8. The third kappa shape index (κ3) is 5.64. The number of hydrogen-bond donors (Lipinski definition) is 2. The number of carbonyl (C=O) groups excluding carboxylic acids is 1. The highest BCUT2D eigenvalue weighted by atomic mass is 19.4. The van der Waals surface area contributed by atoms with Gasteiger partial charge in [-0.3, -0.25) is 9.59 Å². The van der Waals surface area contributed by atoms with Gasteiger partial charge >= 0.3 is 6.18 Å². The number of nitrogen functional groups attached to an aromatic ring is 1. The van der Waals surface area contributed by atoms with Gasteiger partial charge in [-0.2, -0.15) is 23.0 Å². The van der Waals surface area contributed by atoms with Crippen molar-refractivity contribution < 1.29 is 22.4 Å². The number of halogens is 4. The summed E-state index contributed by atoms with van der Waals surface area (Å²) < 4.78 is 54.9. The van der Waals surface area contributed by atoms with E-state index in [9.17, 15) is 27.2 Å². The summed E-state index contributed by atoms with van der Waals surface area (Å²) in [5.74, 6) is -1.27. The van der Waals surface area contributed by atoms with Crippen molar-refractivity contribution in [3.63, 3.8) is 0 Å². The van der Waals surface area contributed by atoms with E-state index in [1.54, 1.807) is 24.3 Å². The number of hydrogen-bond acceptors (Lipinski definition) is 6. The molecular formula is C28H23F4N7O2. The van der Waals surface area contributed by atoms with Crippen LogP contribution in [0.5, 0.6) is 0 Å². The molecule has 210 valence electrons. The molecule has 3 heterocycles. The summed E-state index contributed by atoms with van der Waals surface area (Å²) in [5, 5.41) is 7.28. The molecule has 2 aromatic carbocycles. The van der Waals surface area contributed by atoms with Gasteiger partial charge in [-0.1, -0.05) is 26.0 Å². The number of alkyl halides is 3. The maximum Gasteiger partial charge on any atom is 0.406 e. The first-order valence-electron chi connectivity index (χ1n) is 12.4. The number of anilines is 2. The van der Waals surface area contributed by atoms with E-state index in [0.717, 1.165) is 15.6 Å². The van der Waals surface area contributed by atoms with Gasteiger partial charge in [-0.05, 0) is 53.9 Å². The lowest BCUT2D eigenvalue weighted by Gasteiger charge is -2.13. The Balaban J connectivity index is 1.47. The summed E-state index contributed by atoms with van der Waals surface area (Å²) in [6, 6.07) is 12.8. The highest BCUT2D eigenvalue weighted by Crippen LogP contribution is 2.34. The number of nitrogens with two attached hydrogens (primary N) is 1. The van der Waals surface area contributed by atoms with E-state index in [1.165, 1.54) is 36.5 Å². The second kappa shape index (κ2) is 10.5. The Morgan fingerprint density at radius 3 is 2.37 bits per heavy atom. The molecule has 3 aromatic heterocycles. The van der Waals surface area contributed by atoms with E-state index in [-0.39, 0.29) is 28.3 Å². The Bertz CT molecular complexity index is 1810. The molecule has 5 rings (SSSR count). The summed E-state index contributed by atoms with van der Waals surface area (Å²) >= 11 is 0. The van der Waals surface area contributed by atoms with Crippen LogP contribution >= 0.6 is 0 Å². The predicted octanol–water partition coefficient (Wildman–Crippen LogP) is 5.30. The van der Waals surface area contributed by atoms with Gasteiger partial charge in [0.15, 0.2) is 0 Å². The fourth-order valence-corrected chi connectivity index (χ4v) is 4.33. The molecule has 9 nitrogen and oxygen atoms in total. The number of nitrogens with one attached hydrogen (secondary N) is 1. The van der Waals surface area contributed by atoms with Gasteiger partial charge in [-0.15, -0.1) is 0 Å². The fraction of sp³-hybridized carbons (Fsp3) is 0.179. The lowest BCUT2D eigenvalue weighted by molar-refractivity contribution is -0.139. The van der Waals surface area contributed by atoms with Gasteiger partial charge < -0.3 is 15.6 Å². The summed E-state index contributed by atoms with van der Waals surface area (Å²) in [5.41, 5.74) is 7.17. The second-order valence-electron chi connectivity index (χ2n) is 9.61. The van der Waals surface area contributed by atoms with Gasteiger partial charge in [-0.25, -0.2) is 14.4 Å². The van der Waals surface area contributed by atoms with Crippen molar-refractivity contribution in [1.29, 1.82) is 0 Å². The van der Waals surface area contributed by atoms with Crippen molar-refractivity contribution in [2.24, 2.45) is 0 Å². The molecule has 41 heavy (non-hydrogen) atoms. The molecule has 1 amide bonds. The summed E-state index contributed by atoms with van der Waals surface area (Å²) in [7, 11) is 0. The third-order valence-corrected chi connectivity index (χ3v) is 6.32. The summed E-state index contributed by atoms with van der Waals surface area (Å²) in [6.07, 6.45) is -2.07. The second-order valence-corrected chi connectivity index (χ2v) is 9.61. The Hall–Kier alpha value is -5.07. The van der Waals surface area contributed by atoms with E-state index in [4.69, 9.17) is 5.73 Å². The molecule has 5 aromatic rings. The third-order valence-electron chi connectivity index (χ3n) is 6.32. The molecule has 0 aliphatic carbocycles. The monoisotopic (exact) mass is 565 g/mol. The van der Waals surface area contributed by atoms with Gasteiger partial charge in [0.2, 0.25) is 0 Å². The first-order valence-corrected chi connectivity index (χ1v) is 12.4. The van der Waals surface area contributed by atoms with Crippen molar-refractivity contribution in [3.8, 4) is 16.8 Å². The maximum absolute atomic E-state index is 13.4. The van der Waals surface area contributed by atoms with Crippen LogP contribution in [-0.4, -0.2) is 36.4 Å². The Labute approximate surface area is 230 Å². The van der Waals surface area contributed by atoms with Crippen LogP contribution < -0.4 is 16.6 Å². The molecule has 0 saturated carbocycles. The fourth-order valence-electron chi connectivity index (χ4n) is 4.33. The highest BCUT2D eigenvalue weighted by Gasteiger charge is 2.30. The minimum absolute atomic E-state index is 0.0272. The van der Waals surface area contributed by atoms with E-state index in [1.807, 2.05) is 13.8 Å². The molecule has 0 radical (unpaired) electrons. The van der Waals surface area contributed by atoms with Gasteiger partial charge in [0.05, 0.1) is 16.8 Å².